The minimum Gasteiger partial charge on any atom is -0.343 e. The van der Waals surface area contributed by atoms with Gasteiger partial charge in [0.25, 0.3) is 5.91 Å². The first-order chi connectivity index (χ1) is 15.3. The van der Waals surface area contributed by atoms with Crippen molar-refractivity contribution >= 4 is 41.0 Å². The molecule has 4 amide bonds. The van der Waals surface area contributed by atoms with Gasteiger partial charge in [0, 0.05) is 42.6 Å². The van der Waals surface area contributed by atoms with E-state index in [-0.39, 0.29) is 24.3 Å². The number of urea groups is 1. The molecule has 9 heteroatoms. The number of nitrogens with one attached hydrogen (secondary N) is 1. The molecule has 1 unspecified atom stereocenters. The van der Waals surface area contributed by atoms with Crippen molar-refractivity contribution in [3.05, 3.63) is 45.1 Å². The van der Waals surface area contributed by atoms with Gasteiger partial charge in [-0.25, -0.2) is 4.79 Å². The molecule has 2 heterocycles. The van der Waals surface area contributed by atoms with E-state index in [1.54, 1.807) is 28.0 Å². The second-order valence-electron chi connectivity index (χ2n) is 8.01. The Morgan fingerprint density at radius 2 is 1.84 bits per heavy atom. The molecule has 1 aromatic carbocycles. The molecule has 3 rings (SSSR count). The fraction of sp³-hybridized carbons (Fsp3) is 0.522. The zero-order valence-electron chi connectivity index (χ0n) is 18.8. The van der Waals surface area contributed by atoms with Crippen LogP contribution < -0.4 is 5.32 Å². The monoisotopic (exact) mass is 480 g/mol. The number of nitrogens with zero attached hydrogens (tertiary/aromatic N) is 3. The maximum absolute atomic E-state index is 13.4. The summed E-state index contributed by atoms with van der Waals surface area (Å²) in [7, 11) is 0. The number of benzene rings is 1. The highest BCUT2D eigenvalue weighted by atomic mass is 35.5. The molecule has 0 radical (unpaired) electrons. The van der Waals surface area contributed by atoms with Gasteiger partial charge in [0.05, 0.1) is 23.9 Å². The predicted molar refractivity (Wildman–Crippen MR) is 125 cm³/mol. The highest BCUT2D eigenvalue weighted by Crippen LogP contribution is 2.39. The third kappa shape index (κ3) is 4.89. The molecule has 0 aromatic heterocycles. The maximum Gasteiger partial charge on any atom is 0.322 e. The number of likely N-dealkylation sites (N-methyl/N-ethyl adjacent to an activating group) is 1. The fourth-order valence-corrected chi connectivity index (χ4v) is 4.84. The second kappa shape index (κ2) is 10.6. The zero-order chi connectivity index (χ0) is 23.4. The van der Waals surface area contributed by atoms with Crippen LogP contribution in [-0.2, 0) is 9.59 Å². The van der Waals surface area contributed by atoms with Crippen molar-refractivity contribution in [2.75, 3.05) is 32.7 Å². The first kappa shape index (κ1) is 24.4. The van der Waals surface area contributed by atoms with Crippen LogP contribution in [0.3, 0.4) is 0 Å². The van der Waals surface area contributed by atoms with Crippen LogP contribution in [0.25, 0.3) is 0 Å². The van der Waals surface area contributed by atoms with Gasteiger partial charge >= 0.3 is 6.03 Å². The van der Waals surface area contributed by atoms with Crippen LogP contribution in [0.15, 0.2) is 29.5 Å². The molecule has 0 spiro atoms. The van der Waals surface area contributed by atoms with E-state index >= 15 is 0 Å². The first-order valence-electron chi connectivity index (χ1n) is 11.1. The van der Waals surface area contributed by atoms with Crippen molar-refractivity contribution in [3.8, 4) is 0 Å². The molecule has 32 heavy (non-hydrogen) atoms. The number of hydrogen-bond acceptors (Lipinski definition) is 3. The molecule has 0 aliphatic carbocycles. The van der Waals surface area contributed by atoms with Gasteiger partial charge in [-0.1, -0.05) is 43.1 Å². The Hall–Kier alpha value is -2.25. The van der Waals surface area contributed by atoms with E-state index in [1.807, 2.05) is 25.7 Å². The summed E-state index contributed by atoms with van der Waals surface area (Å²) in [5.74, 6) is -0.134. The van der Waals surface area contributed by atoms with Crippen LogP contribution in [0.5, 0.6) is 0 Å². The van der Waals surface area contributed by atoms with E-state index in [0.717, 1.165) is 12.8 Å². The molecule has 174 valence electrons. The standard InChI is InChI=1S/C23H30Cl2N4O3/c1-4-10-27(11-5-2)19(30)9-12-28-14-18-20(22(28)31)21(26-23(32)29(18)6-3)16-8-7-15(24)13-17(16)25/h7-8,13,21H,4-6,9-12,14H2,1-3H3,(H,26,32). The highest BCUT2D eigenvalue weighted by molar-refractivity contribution is 6.35. The lowest BCUT2D eigenvalue weighted by molar-refractivity contribution is -0.132. The second-order valence-corrected chi connectivity index (χ2v) is 8.85. The summed E-state index contributed by atoms with van der Waals surface area (Å²) >= 11 is 12.4. The number of rotatable bonds is 9. The van der Waals surface area contributed by atoms with Crippen molar-refractivity contribution in [1.29, 1.82) is 0 Å². The molecule has 2 aliphatic rings. The Morgan fingerprint density at radius 3 is 2.44 bits per heavy atom. The van der Waals surface area contributed by atoms with Crippen molar-refractivity contribution in [1.82, 2.24) is 20.0 Å². The number of carbonyl (C=O) groups excluding carboxylic acids is 3. The number of halogens is 2. The zero-order valence-corrected chi connectivity index (χ0v) is 20.3. The molecular weight excluding hydrogens is 451 g/mol. The van der Waals surface area contributed by atoms with E-state index in [4.69, 9.17) is 23.2 Å². The van der Waals surface area contributed by atoms with Crippen LogP contribution in [0.4, 0.5) is 4.79 Å². The van der Waals surface area contributed by atoms with E-state index in [9.17, 15) is 14.4 Å². The quantitative estimate of drug-likeness (QED) is 0.574. The van der Waals surface area contributed by atoms with Crippen molar-refractivity contribution in [3.63, 3.8) is 0 Å². The van der Waals surface area contributed by atoms with Gasteiger partial charge < -0.3 is 15.1 Å². The topological polar surface area (TPSA) is 73.0 Å². The van der Waals surface area contributed by atoms with E-state index in [2.05, 4.69) is 5.32 Å². The smallest absolute Gasteiger partial charge is 0.322 e. The van der Waals surface area contributed by atoms with Gasteiger partial charge in [-0.05, 0) is 37.5 Å². The molecule has 0 saturated carbocycles. The highest BCUT2D eigenvalue weighted by Gasteiger charge is 2.44. The summed E-state index contributed by atoms with van der Waals surface area (Å²) in [5.41, 5.74) is 1.79. The van der Waals surface area contributed by atoms with Gasteiger partial charge in [-0.3, -0.25) is 14.5 Å². The van der Waals surface area contributed by atoms with Crippen LogP contribution in [0.2, 0.25) is 10.0 Å². The lowest BCUT2D eigenvalue weighted by atomic mass is 9.95. The Morgan fingerprint density at radius 1 is 1.16 bits per heavy atom. The average Bonchev–Trinajstić information content (AvgIpc) is 3.07. The van der Waals surface area contributed by atoms with E-state index in [0.29, 0.717) is 59.6 Å². The Kier molecular flexibility index (Phi) is 8.06. The number of hydrogen-bond donors (Lipinski definition) is 1. The fourth-order valence-electron chi connectivity index (χ4n) is 4.32. The largest absolute Gasteiger partial charge is 0.343 e. The van der Waals surface area contributed by atoms with Crippen molar-refractivity contribution in [2.24, 2.45) is 0 Å². The summed E-state index contributed by atoms with van der Waals surface area (Å²) in [6.07, 6.45) is 2.05. The number of amides is 4. The van der Waals surface area contributed by atoms with Crippen LogP contribution in [0.1, 0.15) is 51.6 Å². The normalized spacial score (nSPS) is 18.2. The Balaban J connectivity index is 1.83. The summed E-state index contributed by atoms with van der Waals surface area (Å²) in [5, 5.41) is 3.78. The minimum absolute atomic E-state index is 0.0465. The molecule has 1 aromatic rings. The predicted octanol–water partition coefficient (Wildman–Crippen LogP) is 4.21. The maximum atomic E-state index is 13.4. The first-order valence-corrected chi connectivity index (χ1v) is 11.9. The molecule has 0 bridgehead atoms. The molecule has 7 nitrogen and oxygen atoms in total. The Bertz CT molecular complexity index is 928. The van der Waals surface area contributed by atoms with Crippen molar-refractivity contribution < 1.29 is 14.4 Å². The van der Waals surface area contributed by atoms with Gasteiger partial charge in [-0.2, -0.15) is 0 Å². The summed E-state index contributed by atoms with van der Waals surface area (Å²) in [6.45, 7) is 8.43. The Labute approximate surface area is 199 Å². The van der Waals surface area contributed by atoms with E-state index in [1.165, 1.54) is 0 Å². The third-order valence-electron chi connectivity index (χ3n) is 5.82. The number of carbonyl (C=O) groups is 3. The third-order valence-corrected chi connectivity index (χ3v) is 6.38. The molecular formula is C23H30Cl2N4O3. The van der Waals surface area contributed by atoms with E-state index < -0.39 is 6.04 Å². The SMILES string of the molecule is CCCN(CCC)C(=O)CCN1CC2=C(C1=O)C(c1ccc(Cl)cc1Cl)NC(=O)N2CC. The lowest BCUT2D eigenvalue weighted by Gasteiger charge is -2.33. The van der Waals surface area contributed by atoms with Gasteiger partial charge in [0.15, 0.2) is 0 Å². The lowest BCUT2D eigenvalue weighted by Crippen LogP contribution is -2.47. The van der Waals surface area contributed by atoms with Crippen LogP contribution in [0, 0.1) is 0 Å². The summed E-state index contributed by atoms with van der Waals surface area (Å²) in [6, 6.07) is 4.09. The summed E-state index contributed by atoms with van der Waals surface area (Å²) < 4.78 is 0. The summed E-state index contributed by atoms with van der Waals surface area (Å²) in [4.78, 5) is 44.0. The molecule has 0 fully saturated rings. The van der Waals surface area contributed by atoms with Gasteiger partial charge in [-0.15, -0.1) is 0 Å². The van der Waals surface area contributed by atoms with Crippen molar-refractivity contribution in [2.45, 2.75) is 46.1 Å². The van der Waals surface area contributed by atoms with Gasteiger partial charge in [0.1, 0.15) is 0 Å². The van der Waals surface area contributed by atoms with Gasteiger partial charge in [0.2, 0.25) is 5.91 Å². The molecule has 2 aliphatic heterocycles. The molecule has 1 atom stereocenters. The minimum atomic E-state index is -0.657. The van der Waals surface area contributed by atoms with Crippen LogP contribution >= 0.6 is 23.2 Å². The van der Waals surface area contributed by atoms with Crippen LogP contribution in [-0.4, -0.2) is 65.3 Å². The molecule has 1 N–H and O–H groups in total. The molecule has 0 saturated heterocycles. The average molecular weight is 481 g/mol.